The highest BCUT2D eigenvalue weighted by Gasteiger charge is 2.25. The van der Waals surface area contributed by atoms with Crippen LogP contribution in [0.15, 0.2) is 24.3 Å². The maximum atomic E-state index is 12.2. The number of hydrogen-bond acceptors (Lipinski definition) is 3. The summed E-state index contributed by atoms with van der Waals surface area (Å²) in [6.07, 6.45) is 1.43. The van der Waals surface area contributed by atoms with Gasteiger partial charge in [-0.3, -0.25) is 4.79 Å². The van der Waals surface area contributed by atoms with Gasteiger partial charge in [-0.1, -0.05) is 18.2 Å². The lowest BCUT2D eigenvalue weighted by molar-refractivity contribution is -0.129. The maximum Gasteiger partial charge on any atom is 0.227 e. The molecule has 1 aliphatic heterocycles. The first-order valence-electron chi connectivity index (χ1n) is 6.34. The number of carbonyl (C=O) groups is 1. The molecule has 1 fully saturated rings. The molecule has 0 unspecified atom stereocenters. The van der Waals surface area contributed by atoms with Gasteiger partial charge in [0.2, 0.25) is 5.91 Å². The topological polar surface area (TPSA) is 55.6 Å². The average molecular weight is 248 g/mol. The van der Waals surface area contributed by atoms with Crippen LogP contribution in [0.1, 0.15) is 12.0 Å². The van der Waals surface area contributed by atoms with Crippen molar-refractivity contribution in [1.29, 1.82) is 0 Å². The Morgan fingerprint density at radius 3 is 2.94 bits per heavy atom. The number of likely N-dealkylation sites (tertiary alicyclic amines) is 1. The highest BCUT2D eigenvalue weighted by Crippen LogP contribution is 2.21. The first-order chi connectivity index (χ1) is 8.74. The predicted molar refractivity (Wildman–Crippen MR) is 70.4 cm³/mol. The minimum Gasteiger partial charge on any atom is -0.496 e. The smallest absolute Gasteiger partial charge is 0.227 e. The van der Waals surface area contributed by atoms with Crippen molar-refractivity contribution in [2.24, 2.45) is 11.7 Å². The molecule has 0 radical (unpaired) electrons. The van der Waals surface area contributed by atoms with Crippen molar-refractivity contribution in [2.45, 2.75) is 12.8 Å². The van der Waals surface area contributed by atoms with E-state index in [2.05, 4.69) is 0 Å². The van der Waals surface area contributed by atoms with Crippen molar-refractivity contribution in [1.82, 2.24) is 4.90 Å². The number of benzene rings is 1. The number of para-hydroxylation sites is 1. The van der Waals surface area contributed by atoms with Gasteiger partial charge in [0.1, 0.15) is 5.75 Å². The van der Waals surface area contributed by atoms with E-state index in [1.165, 1.54) is 0 Å². The third-order valence-corrected chi connectivity index (χ3v) is 3.51. The van der Waals surface area contributed by atoms with Crippen molar-refractivity contribution in [3.63, 3.8) is 0 Å². The van der Waals surface area contributed by atoms with Crippen molar-refractivity contribution < 1.29 is 9.53 Å². The summed E-state index contributed by atoms with van der Waals surface area (Å²) in [5.74, 6) is 1.41. The van der Waals surface area contributed by atoms with E-state index in [9.17, 15) is 4.79 Å². The molecule has 1 amide bonds. The Hall–Kier alpha value is -1.55. The summed E-state index contributed by atoms with van der Waals surface area (Å²) in [6, 6.07) is 7.66. The second-order valence-corrected chi connectivity index (χ2v) is 4.72. The van der Waals surface area contributed by atoms with Gasteiger partial charge in [0.15, 0.2) is 0 Å². The molecule has 1 heterocycles. The van der Waals surface area contributed by atoms with E-state index >= 15 is 0 Å². The minimum absolute atomic E-state index is 0.162. The second kappa shape index (κ2) is 5.87. The first-order valence-corrected chi connectivity index (χ1v) is 6.34. The van der Waals surface area contributed by atoms with Crippen LogP contribution in [-0.2, 0) is 11.2 Å². The van der Waals surface area contributed by atoms with Gasteiger partial charge in [-0.2, -0.15) is 0 Å². The van der Waals surface area contributed by atoms with Gasteiger partial charge in [-0.15, -0.1) is 0 Å². The van der Waals surface area contributed by atoms with Crippen LogP contribution in [0, 0.1) is 5.92 Å². The molecular weight excluding hydrogens is 228 g/mol. The van der Waals surface area contributed by atoms with E-state index < -0.39 is 0 Å². The molecule has 4 nitrogen and oxygen atoms in total. The Morgan fingerprint density at radius 1 is 1.50 bits per heavy atom. The molecule has 1 atom stereocenters. The number of carbonyl (C=O) groups excluding carboxylic acids is 1. The summed E-state index contributed by atoms with van der Waals surface area (Å²) in [5.41, 5.74) is 6.58. The highest BCUT2D eigenvalue weighted by molar-refractivity contribution is 5.79. The molecule has 0 bridgehead atoms. The van der Waals surface area contributed by atoms with E-state index in [0.717, 1.165) is 30.8 Å². The van der Waals surface area contributed by atoms with Gasteiger partial charge in [-0.25, -0.2) is 0 Å². The van der Waals surface area contributed by atoms with Crippen molar-refractivity contribution in [3.8, 4) is 5.75 Å². The van der Waals surface area contributed by atoms with Crippen LogP contribution in [0.4, 0.5) is 0 Å². The Balaban J connectivity index is 1.99. The number of rotatable bonds is 4. The Morgan fingerprint density at radius 2 is 2.28 bits per heavy atom. The Kier molecular flexibility index (Phi) is 4.20. The highest BCUT2D eigenvalue weighted by atomic mass is 16.5. The minimum atomic E-state index is 0.162. The number of methoxy groups -OCH3 is 1. The number of nitrogens with two attached hydrogens (primary N) is 1. The number of nitrogens with zero attached hydrogens (tertiary/aromatic N) is 1. The molecule has 0 spiro atoms. The third-order valence-electron chi connectivity index (χ3n) is 3.51. The number of amides is 1. The average Bonchev–Trinajstić information content (AvgIpc) is 2.88. The standard InChI is InChI=1S/C14H20N2O2/c1-18-13-5-3-2-4-12(13)8-14(17)16-7-6-11(9-15)10-16/h2-5,11H,6-10,15H2,1H3/t11-/m1/s1. The van der Waals surface area contributed by atoms with E-state index in [-0.39, 0.29) is 5.91 Å². The van der Waals surface area contributed by atoms with Gasteiger partial charge in [0.25, 0.3) is 0 Å². The molecule has 0 aromatic heterocycles. The lowest BCUT2D eigenvalue weighted by atomic mass is 10.1. The van der Waals surface area contributed by atoms with Crippen LogP contribution >= 0.6 is 0 Å². The predicted octanol–water partition coefficient (Wildman–Crippen LogP) is 1.04. The molecule has 1 aromatic rings. The lowest BCUT2D eigenvalue weighted by Gasteiger charge is -2.17. The quantitative estimate of drug-likeness (QED) is 0.866. The first kappa shape index (κ1) is 12.9. The summed E-state index contributed by atoms with van der Waals surface area (Å²) in [5, 5.41) is 0. The molecule has 0 saturated carbocycles. The van der Waals surface area contributed by atoms with Gasteiger partial charge < -0.3 is 15.4 Å². The summed E-state index contributed by atoms with van der Waals surface area (Å²) in [6.45, 7) is 2.29. The maximum absolute atomic E-state index is 12.2. The zero-order chi connectivity index (χ0) is 13.0. The zero-order valence-electron chi connectivity index (χ0n) is 10.8. The molecular formula is C14H20N2O2. The molecule has 98 valence electrons. The van der Waals surface area contributed by atoms with Gasteiger partial charge in [0, 0.05) is 18.7 Å². The number of hydrogen-bond donors (Lipinski definition) is 1. The normalized spacial score (nSPS) is 19.0. The van der Waals surface area contributed by atoms with Crippen molar-refractivity contribution in [2.75, 3.05) is 26.7 Å². The lowest BCUT2D eigenvalue weighted by Crippen LogP contribution is -2.31. The monoisotopic (exact) mass is 248 g/mol. The molecule has 4 heteroatoms. The SMILES string of the molecule is COc1ccccc1CC(=O)N1CC[C@H](CN)C1. The molecule has 18 heavy (non-hydrogen) atoms. The fourth-order valence-electron chi connectivity index (χ4n) is 2.38. The second-order valence-electron chi connectivity index (χ2n) is 4.72. The van der Waals surface area contributed by atoms with E-state index in [1.54, 1.807) is 7.11 Å². The fourth-order valence-corrected chi connectivity index (χ4v) is 2.38. The summed E-state index contributed by atoms with van der Waals surface area (Å²) < 4.78 is 5.26. The zero-order valence-corrected chi connectivity index (χ0v) is 10.8. The van der Waals surface area contributed by atoms with Crippen LogP contribution in [0.5, 0.6) is 5.75 Å². The molecule has 1 saturated heterocycles. The van der Waals surface area contributed by atoms with E-state index in [4.69, 9.17) is 10.5 Å². The molecule has 2 N–H and O–H groups in total. The molecule has 1 aliphatic rings. The molecule has 0 aliphatic carbocycles. The van der Waals surface area contributed by atoms with E-state index in [0.29, 0.717) is 18.9 Å². The van der Waals surface area contributed by atoms with Gasteiger partial charge in [0.05, 0.1) is 13.5 Å². The van der Waals surface area contributed by atoms with Crippen LogP contribution in [0.3, 0.4) is 0 Å². The van der Waals surface area contributed by atoms with Crippen molar-refractivity contribution >= 4 is 5.91 Å². The van der Waals surface area contributed by atoms with Gasteiger partial charge >= 0.3 is 0 Å². The van der Waals surface area contributed by atoms with Crippen LogP contribution in [0.2, 0.25) is 0 Å². The van der Waals surface area contributed by atoms with Crippen molar-refractivity contribution in [3.05, 3.63) is 29.8 Å². The van der Waals surface area contributed by atoms with Gasteiger partial charge in [-0.05, 0) is 24.9 Å². The third kappa shape index (κ3) is 2.82. The summed E-state index contributed by atoms with van der Waals surface area (Å²) >= 11 is 0. The van der Waals surface area contributed by atoms with Crippen LogP contribution in [-0.4, -0.2) is 37.6 Å². The summed E-state index contributed by atoms with van der Waals surface area (Å²) in [4.78, 5) is 14.1. The Bertz CT molecular complexity index is 420. The van der Waals surface area contributed by atoms with E-state index in [1.807, 2.05) is 29.2 Å². The largest absolute Gasteiger partial charge is 0.496 e. The molecule has 1 aromatic carbocycles. The summed E-state index contributed by atoms with van der Waals surface area (Å²) in [7, 11) is 1.63. The fraction of sp³-hybridized carbons (Fsp3) is 0.500. The molecule has 2 rings (SSSR count). The van der Waals surface area contributed by atoms with Crippen LogP contribution < -0.4 is 10.5 Å². The number of ether oxygens (including phenoxy) is 1. The Labute approximate surface area is 108 Å². The van der Waals surface area contributed by atoms with Crippen LogP contribution in [0.25, 0.3) is 0 Å².